The van der Waals surface area contributed by atoms with Crippen molar-refractivity contribution in [2.75, 3.05) is 12.0 Å². The number of methoxy groups -OCH3 is 1. The van der Waals surface area contributed by atoms with Crippen LogP contribution in [0.25, 0.3) is 10.8 Å². The molecule has 1 atom stereocenters. The summed E-state index contributed by atoms with van der Waals surface area (Å²) in [5.41, 5.74) is 1.56. The third kappa shape index (κ3) is 4.01. The molecule has 0 bridgehead atoms. The molecule has 0 radical (unpaired) electrons. The first-order valence-corrected chi connectivity index (χ1v) is 11.3. The van der Waals surface area contributed by atoms with Gasteiger partial charge in [-0.3, -0.25) is 9.59 Å². The Kier molecular flexibility index (Phi) is 6.04. The Morgan fingerprint density at radius 3 is 2.03 bits per heavy atom. The van der Waals surface area contributed by atoms with Gasteiger partial charge in [-0.15, -0.1) is 0 Å². The van der Waals surface area contributed by atoms with Gasteiger partial charge in [0.25, 0.3) is 11.8 Å². The molecule has 0 N–H and O–H groups in total. The highest BCUT2D eigenvalue weighted by Crippen LogP contribution is 2.34. The summed E-state index contributed by atoms with van der Waals surface area (Å²) in [6.45, 7) is 0. The molecule has 1 heterocycles. The number of hydrogen-bond acceptors (Lipinski definition) is 6. The van der Waals surface area contributed by atoms with Gasteiger partial charge in [0, 0.05) is 22.9 Å². The largest absolute Gasteiger partial charge is 0.466 e. The van der Waals surface area contributed by atoms with Gasteiger partial charge in [-0.05, 0) is 35.2 Å². The lowest BCUT2D eigenvalue weighted by Gasteiger charge is -2.28. The van der Waals surface area contributed by atoms with Crippen molar-refractivity contribution < 1.29 is 28.7 Å². The maximum Gasteiger partial charge on any atom is 0.347 e. The second-order valence-electron chi connectivity index (χ2n) is 8.28. The van der Waals surface area contributed by atoms with Crippen molar-refractivity contribution in [3.63, 3.8) is 0 Å². The summed E-state index contributed by atoms with van der Waals surface area (Å²) in [7, 11) is 1.21. The van der Waals surface area contributed by atoms with Gasteiger partial charge in [0.2, 0.25) is 6.10 Å². The summed E-state index contributed by atoms with van der Waals surface area (Å²) in [4.78, 5) is 53.7. The van der Waals surface area contributed by atoms with Crippen LogP contribution < -0.4 is 4.90 Å². The highest BCUT2D eigenvalue weighted by Gasteiger charge is 2.36. The zero-order chi connectivity index (χ0) is 25.2. The van der Waals surface area contributed by atoms with Gasteiger partial charge >= 0.3 is 11.9 Å². The molecule has 5 rings (SSSR count). The summed E-state index contributed by atoms with van der Waals surface area (Å²) < 4.78 is 10.4. The Morgan fingerprint density at radius 2 is 1.39 bits per heavy atom. The Labute approximate surface area is 206 Å². The van der Waals surface area contributed by atoms with Gasteiger partial charge in [0.05, 0.1) is 18.4 Å². The van der Waals surface area contributed by atoms with E-state index in [1.807, 2.05) is 30.3 Å². The molecule has 0 aliphatic carbocycles. The minimum atomic E-state index is -1.21. The van der Waals surface area contributed by atoms with Crippen molar-refractivity contribution in [2.24, 2.45) is 0 Å². The fraction of sp³-hybridized carbons (Fsp3) is 0.103. The van der Waals surface area contributed by atoms with Crippen molar-refractivity contribution >= 4 is 40.2 Å². The minimum absolute atomic E-state index is 0.0206. The number of carbonyl (C=O) groups excluding carboxylic acids is 4. The summed E-state index contributed by atoms with van der Waals surface area (Å²) in [6, 6.07) is 25.7. The summed E-state index contributed by atoms with van der Waals surface area (Å²) in [5, 5.41) is 1.36. The fourth-order valence-corrected chi connectivity index (χ4v) is 4.42. The van der Waals surface area contributed by atoms with E-state index in [0.29, 0.717) is 16.5 Å². The second kappa shape index (κ2) is 9.46. The van der Waals surface area contributed by atoms with Crippen LogP contribution in [0.15, 0.2) is 91.0 Å². The van der Waals surface area contributed by atoms with Crippen molar-refractivity contribution in [2.45, 2.75) is 12.5 Å². The van der Waals surface area contributed by atoms with Gasteiger partial charge < -0.3 is 9.47 Å². The van der Waals surface area contributed by atoms with Crippen LogP contribution in [0.4, 0.5) is 5.69 Å². The van der Waals surface area contributed by atoms with Crippen LogP contribution in [0.2, 0.25) is 0 Å². The number of benzene rings is 4. The minimum Gasteiger partial charge on any atom is -0.466 e. The molecule has 2 amide bonds. The summed E-state index contributed by atoms with van der Waals surface area (Å²) >= 11 is 0. The standard InChI is InChI=1S/C29H21NO6/c1-35-29(34)24(17-18-9-3-2-4-10-18)36-28(33)20-13-5-6-16-23(20)30-26(31)21-14-7-11-19-12-8-15-22(25(19)21)27(30)32/h2-16,24H,17H2,1H3/t24-/m0/s1. The van der Waals surface area contributed by atoms with E-state index in [-0.39, 0.29) is 17.7 Å². The number of anilines is 1. The van der Waals surface area contributed by atoms with Crippen molar-refractivity contribution in [3.8, 4) is 0 Å². The molecule has 0 aromatic heterocycles. The van der Waals surface area contributed by atoms with Crippen LogP contribution in [-0.4, -0.2) is 37.0 Å². The lowest BCUT2D eigenvalue weighted by Crippen LogP contribution is -2.41. The molecule has 7 heteroatoms. The van der Waals surface area contributed by atoms with E-state index < -0.39 is 29.9 Å². The maximum atomic E-state index is 13.5. The highest BCUT2D eigenvalue weighted by atomic mass is 16.6. The number of ether oxygens (including phenoxy) is 2. The molecule has 178 valence electrons. The normalized spacial score (nSPS) is 13.4. The zero-order valence-corrected chi connectivity index (χ0v) is 19.3. The van der Waals surface area contributed by atoms with Crippen molar-refractivity contribution in [1.82, 2.24) is 0 Å². The molecule has 1 aliphatic rings. The Balaban J connectivity index is 1.51. The molecular formula is C29H21NO6. The molecule has 4 aromatic carbocycles. The third-order valence-corrected chi connectivity index (χ3v) is 6.11. The van der Waals surface area contributed by atoms with Gasteiger partial charge in [-0.25, -0.2) is 14.5 Å². The average Bonchev–Trinajstić information content (AvgIpc) is 2.91. The molecule has 4 aromatic rings. The van der Waals surface area contributed by atoms with Crippen molar-refractivity contribution in [1.29, 1.82) is 0 Å². The van der Waals surface area contributed by atoms with Gasteiger partial charge in [0.15, 0.2) is 0 Å². The first-order valence-electron chi connectivity index (χ1n) is 11.3. The smallest absolute Gasteiger partial charge is 0.347 e. The number of amides is 2. The highest BCUT2D eigenvalue weighted by molar-refractivity contribution is 6.36. The molecule has 1 aliphatic heterocycles. The maximum absolute atomic E-state index is 13.5. The number of esters is 2. The first kappa shape index (κ1) is 23.0. The van der Waals surface area contributed by atoms with Crippen LogP contribution >= 0.6 is 0 Å². The number of imide groups is 1. The van der Waals surface area contributed by atoms with E-state index in [4.69, 9.17) is 9.47 Å². The van der Waals surface area contributed by atoms with Crippen LogP contribution in [-0.2, 0) is 20.7 Å². The molecular weight excluding hydrogens is 458 g/mol. The number of para-hydroxylation sites is 1. The third-order valence-electron chi connectivity index (χ3n) is 6.11. The molecule has 7 nitrogen and oxygen atoms in total. The Bertz CT molecular complexity index is 1460. The first-order chi connectivity index (χ1) is 17.5. The van der Waals surface area contributed by atoms with Crippen LogP contribution in [0.1, 0.15) is 36.6 Å². The topological polar surface area (TPSA) is 90.0 Å². The molecule has 0 saturated heterocycles. The Morgan fingerprint density at radius 1 is 0.778 bits per heavy atom. The zero-order valence-electron chi connectivity index (χ0n) is 19.3. The van der Waals surface area contributed by atoms with Crippen LogP contribution in [0.5, 0.6) is 0 Å². The lowest BCUT2D eigenvalue weighted by atomic mass is 9.93. The quantitative estimate of drug-likeness (QED) is 0.297. The fourth-order valence-electron chi connectivity index (χ4n) is 4.42. The number of rotatable bonds is 6. The van der Waals surface area contributed by atoms with Crippen LogP contribution in [0, 0.1) is 0 Å². The molecule has 0 unspecified atom stereocenters. The average molecular weight is 479 g/mol. The SMILES string of the molecule is COC(=O)[C@H](Cc1ccccc1)OC(=O)c1ccccc1N1C(=O)c2cccc3cccc(c23)C1=O. The second-order valence-corrected chi connectivity index (χ2v) is 8.28. The Hall–Kier alpha value is -4.78. The number of nitrogens with zero attached hydrogens (tertiary/aromatic N) is 1. The lowest BCUT2D eigenvalue weighted by molar-refractivity contribution is -0.150. The van der Waals surface area contributed by atoms with E-state index in [9.17, 15) is 19.2 Å². The van der Waals surface area contributed by atoms with E-state index in [0.717, 1.165) is 15.8 Å². The monoisotopic (exact) mass is 479 g/mol. The van der Waals surface area contributed by atoms with E-state index >= 15 is 0 Å². The van der Waals surface area contributed by atoms with E-state index in [1.54, 1.807) is 48.5 Å². The van der Waals surface area contributed by atoms with Gasteiger partial charge in [0.1, 0.15) is 0 Å². The van der Waals surface area contributed by atoms with E-state index in [2.05, 4.69) is 0 Å². The van der Waals surface area contributed by atoms with Gasteiger partial charge in [-0.1, -0.05) is 66.7 Å². The van der Waals surface area contributed by atoms with E-state index in [1.165, 1.54) is 19.2 Å². The predicted molar refractivity (Wildman–Crippen MR) is 133 cm³/mol. The summed E-state index contributed by atoms with van der Waals surface area (Å²) in [6.07, 6.45) is -1.10. The molecule has 0 saturated carbocycles. The molecule has 0 fully saturated rings. The van der Waals surface area contributed by atoms with Gasteiger partial charge in [-0.2, -0.15) is 0 Å². The van der Waals surface area contributed by atoms with Crippen LogP contribution in [0.3, 0.4) is 0 Å². The molecule has 36 heavy (non-hydrogen) atoms. The van der Waals surface area contributed by atoms with Crippen molar-refractivity contribution in [3.05, 3.63) is 113 Å². The predicted octanol–water partition coefficient (Wildman–Crippen LogP) is 4.58. The summed E-state index contributed by atoms with van der Waals surface area (Å²) in [5.74, 6) is -2.65. The number of carbonyl (C=O) groups is 4. The molecule has 0 spiro atoms. The number of hydrogen-bond donors (Lipinski definition) is 0.